The highest BCUT2D eigenvalue weighted by Crippen LogP contribution is 2.45. The van der Waals surface area contributed by atoms with Crippen LogP contribution in [-0.4, -0.2) is 8.97 Å². The second kappa shape index (κ2) is 9.78. The van der Waals surface area contributed by atoms with E-state index in [2.05, 4.69) is 165 Å². The van der Waals surface area contributed by atoms with Crippen LogP contribution in [0.4, 0.5) is 0 Å². The number of fused-ring (bicyclic) bond motifs is 5. The summed E-state index contributed by atoms with van der Waals surface area (Å²) >= 11 is 0. The lowest BCUT2D eigenvalue weighted by Crippen LogP contribution is -2.49. The first-order valence-electron chi connectivity index (χ1n) is 17.0. The first-order valence-corrected chi connectivity index (χ1v) is 17.0. The minimum atomic E-state index is -0.474. The van der Waals surface area contributed by atoms with E-state index in [0.717, 1.165) is 24.9 Å². The van der Waals surface area contributed by atoms with Crippen LogP contribution >= 0.6 is 0 Å². The number of hydrogen-bond acceptors (Lipinski definition) is 3. The lowest BCUT2D eigenvalue weighted by atomic mass is 9.86. The second-order valence-electron chi connectivity index (χ2n) is 13.4. The van der Waals surface area contributed by atoms with Crippen LogP contribution in [0.3, 0.4) is 0 Å². The predicted octanol–water partition coefficient (Wildman–Crippen LogP) is 9.18. The zero-order valence-electron chi connectivity index (χ0n) is 26.4. The molecular formula is C43H33N5. The molecule has 2 unspecified atom stereocenters. The molecule has 48 heavy (non-hydrogen) atoms. The molecule has 1 saturated heterocycles. The van der Waals surface area contributed by atoms with Crippen molar-refractivity contribution in [2.45, 2.75) is 31.1 Å². The fourth-order valence-corrected chi connectivity index (χ4v) is 8.91. The molecule has 0 saturated carbocycles. The van der Waals surface area contributed by atoms with Gasteiger partial charge in [-0.2, -0.15) is 0 Å². The summed E-state index contributed by atoms with van der Waals surface area (Å²) in [5.74, 6) is 0. The van der Waals surface area contributed by atoms with E-state index in [9.17, 15) is 0 Å². The zero-order valence-corrected chi connectivity index (χ0v) is 26.4. The summed E-state index contributed by atoms with van der Waals surface area (Å²) in [7, 11) is 0. The molecule has 1 aliphatic heterocycles. The molecule has 1 fully saturated rings. The van der Waals surface area contributed by atoms with Crippen molar-refractivity contribution in [1.82, 2.24) is 25.1 Å². The Balaban J connectivity index is 1.07. The molecule has 0 spiro atoms. The molecule has 4 heterocycles. The molecule has 0 radical (unpaired) electrons. The fourth-order valence-electron chi connectivity index (χ4n) is 8.91. The number of aromatic nitrogens is 2. The lowest BCUT2D eigenvalue weighted by molar-refractivity contribution is 0.377. The highest BCUT2D eigenvalue weighted by molar-refractivity contribution is 6.29. The van der Waals surface area contributed by atoms with Gasteiger partial charge in [-0.05, 0) is 83.3 Å². The smallest absolute Gasteiger partial charge is 0.132 e. The summed E-state index contributed by atoms with van der Waals surface area (Å²) in [4.78, 5) is 0. The van der Waals surface area contributed by atoms with E-state index in [0.29, 0.717) is 0 Å². The standard InChI is InChI=1S/C43H33N5/c1-3-11-28(12-4-1)43(29-13-5-2-6-14-29)44-42(45-46-43)27-23-25-30(26-24-27)47-36-20-9-16-32-34-18-7-17-33-31-15-8-19-35(31)48(41(33)34)38-22-10-21-37(47)40(38)39(32)36/h1-5,7-13,16-26,42,44-46H,6,14-15H2. The Bertz CT molecular complexity index is 2670. The summed E-state index contributed by atoms with van der Waals surface area (Å²) in [6.07, 6.45) is 14.3. The van der Waals surface area contributed by atoms with E-state index in [1.807, 2.05) is 0 Å². The first kappa shape index (κ1) is 26.6. The van der Waals surface area contributed by atoms with Crippen LogP contribution in [0.2, 0.25) is 0 Å². The van der Waals surface area contributed by atoms with E-state index in [1.54, 1.807) is 0 Å². The van der Waals surface area contributed by atoms with Crippen LogP contribution in [0.15, 0.2) is 139 Å². The van der Waals surface area contributed by atoms with Crippen LogP contribution in [0.5, 0.6) is 0 Å². The zero-order chi connectivity index (χ0) is 31.4. The van der Waals surface area contributed by atoms with Gasteiger partial charge in [0.05, 0.1) is 33.9 Å². The molecule has 5 aromatic carbocycles. The van der Waals surface area contributed by atoms with Gasteiger partial charge in [-0.3, -0.25) is 5.32 Å². The average Bonchev–Trinajstić information content (AvgIpc) is 3.93. The Hall–Kier alpha value is -5.46. The SMILES string of the molecule is C1=CCCC(C2(c3ccccc3)NNC(c3ccc(-n4c5cccc6c7cccc8c9c(n(c%10cccc4c%10c65)c87)C=CC9)cc3)N2)=C1. The molecule has 5 heteroatoms. The van der Waals surface area contributed by atoms with Gasteiger partial charge in [-0.15, -0.1) is 0 Å². The van der Waals surface area contributed by atoms with Crippen molar-refractivity contribution in [3.05, 3.63) is 161 Å². The van der Waals surface area contributed by atoms with Crippen LogP contribution < -0.4 is 16.2 Å². The van der Waals surface area contributed by atoms with E-state index < -0.39 is 5.66 Å². The number of para-hydroxylation sites is 1. The number of rotatable bonds is 4. The monoisotopic (exact) mass is 619 g/mol. The normalized spacial score (nSPS) is 20.7. The molecule has 230 valence electrons. The van der Waals surface area contributed by atoms with Crippen molar-refractivity contribution >= 4 is 55.1 Å². The molecule has 11 rings (SSSR count). The Morgan fingerprint density at radius 3 is 2.31 bits per heavy atom. The number of benzene rings is 5. The van der Waals surface area contributed by atoms with Crippen LogP contribution in [-0.2, 0) is 12.1 Å². The van der Waals surface area contributed by atoms with Crippen molar-refractivity contribution in [2.75, 3.05) is 0 Å². The number of allylic oxidation sites excluding steroid dienone is 4. The van der Waals surface area contributed by atoms with Gasteiger partial charge in [0.2, 0.25) is 0 Å². The number of hydrazine groups is 1. The molecule has 2 atom stereocenters. The van der Waals surface area contributed by atoms with Crippen molar-refractivity contribution in [3.63, 3.8) is 0 Å². The summed E-state index contributed by atoms with van der Waals surface area (Å²) in [5, 5.41) is 10.6. The maximum absolute atomic E-state index is 3.95. The molecule has 3 aliphatic rings. The van der Waals surface area contributed by atoms with Crippen molar-refractivity contribution < 1.29 is 0 Å². The molecule has 0 amide bonds. The molecule has 2 aliphatic carbocycles. The van der Waals surface area contributed by atoms with Crippen LogP contribution in [0, 0.1) is 0 Å². The minimum Gasteiger partial charge on any atom is -0.309 e. The van der Waals surface area contributed by atoms with Gasteiger partial charge >= 0.3 is 0 Å². The second-order valence-corrected chi connectivity index (χ2v) is 13.4. The van der Waals surface area contributed by atoms with Gasteiger partial charge in [0.25, 0.3) is 0 Å². The number of hydrogen-bond donors (Lipinski definition) is 3. The molecular weight excluding hydrogens is 587 g/mol. The molecule has 0 bridgehead atoms. The van der Waals surface area contributed by atoms with Crippen LogP contribution in [0.1, 0.15) is 41.4 Å². The summed E-state index contributed by atoms with van der Waals surface area (Å²) in [6, 6.07) is 40.3. The fraction of sp³-hybridized carbons (Fsp3) is 0.116. The lowest BCUT2D eigenvalue weighted by Gasteiger charge is -2.34. The third-order valence-electron chi connectivity index (χ3n) is 11.0. The Labute approximate surface area is 277 Å². The van der Waals surface area contributed by atoms with Crippen LogP contribution in [0.25, 0.3) is 60.8 Å². The van der Waals surface area contributed by atoms with Gasteiger partial charge in [0.15, 0.2) is 0 Å². The Morgan fingerprint density at radius 1 is 0.688 bits per heavy atom. The quantitative estimate of drug-likeness (QED) is 0.184. The highest BCUT2D eigenvalue weighted by atomic mass is 15.6. The maximum atomic E-state index is 3.95. The highest BCUT2D eigenvalue weighted by Gasteiger charge is 2.43. The number of nitrogens with zero attached hydrogens (tertiary/aromatic N) is 2. The van der Waals surface area contributed by atoms with E-state index >= 15 is 0 Å². The maximum Gasteiger partial charge on any atom is 0.132 e. The molecule has 3 aromatic heterocycles. The van der Waals surface area contributed by atoms with Crippen molar-refractivity contribution in [3.8, 4) is 5.69 Å². The van der Waals surface area contributed by atoms with Gasteiger partial charge in [0, 0.05) is 27.2 Å². The summed E-state index contributed by atoms with van der Waals surface area (Å²) in [5.41, 5.74) is 19.5. The molecule has 5 nitrogen and oxygen atoms in total. The summed E-state index contributed by atoms with van der Waals surface area (Å²) < 4.78 is 4.98. The average molecular weight is 620 g/mol. The third-order valence-corrected chi connectivity index (χ3v) is 11.0. The Kier molecular flexibility index (Phi) is 5.42. The molecule has 8 aromatic rings. The summed E-state index contributed by atoms with van der Waals surface area (Å²) in [6.45, 7) is 0. The van der Waals surface area contributed by atoms with Gasteiger partial charge in [-0.1, -0.05) is 103 Å². The predicted molar refractivity (Wildman–Crippen MR) is 197 cm³/mol. The minimum absolute atomic E-state index is 0.0594. The van der Waals surface area contributed by atoms with Gasteiger partial charge < -0.3 is 8.97 Å². The van der Waals surface area contributed by atoms with Gasteiger partial charge in [-0.25, -0.2) is 10.9 Å². The molecule has 3 N–H and O–H groups in total. The first-order chi connectivity index (χ1) is 23.8. The van der Waals surface area contributed by atoms with Crippen molar-refractivity contribution in [1.29, 1.82) is 0 Å². The van der Waals surface area contributed by atoms with Gasteiger partial charge in [0.1, 0.15) is 5.66 Å². The van der Waals surface area contributed by atoms with E-state index in [1.165, 1.54) is 77.0 Å². The topological polar surface area (TPSA) is 45.4 Å². The Morgan fingerprint density at radius 2 is 1.46 bits per heavy atom. The van der Waals surface area contributed by atoms with E-state index in [4.69, 9.17) is 0 Å². The van der Waals surface area contributed by atoms with E-state index in [-0.39, 0.29) is 6.17 Å². The largest absolute Gasteiger partial charge is 0.309 e. The third kappa shape index (κ3) is 3.45. The van der Waals surface area contributed by atoms with Crippen molar-refractivity contribution in [2.24, 2.45) is 0 Å². The number of nitrogens with one attached hydrogen (secondary N) is 3.